The molecule has 0 aromatic carbocycles. The van der Waals surface area contributed by atoms with Crippen molar-refractivity contribution >= 4 is 0 Å². The molecule has 2 fully saturated rings. The Morgan fingerprint density at radius 3 is 2.13 bits per heavy atom. The highest BCUT2D eigenvalue weighted by Crippen LogP contribution is 2.68. The van der Waals surface area contributed by atoms with Crippen LogP contribution in [0.15, 0.2) is 0 Å². The van der Waals surface area contributed by atoms with Crippen molar-refractivity contribution in [2.75, 3.05) is 0 Å². The van der Waals surface area contributed by atoms with Gasteiger partial charge < -0.3 is 0 Å². The van der Waals surface area contributed by atoms with Gasteiger partial charge in [0.1, 0.15) is 0 Å². The first kappa shape index (κ1) is 11.5. The lowest BCUT2D eigenvalue weighted by molar-refractivity contribution is -0.102. The van der Waals surface area contributed by atoms with Crippen molar-refractivity contribution in [1.82, 2.24) is 0 Å². The van der Waals surface area contributed by atoms with Crippen LogP contribution in [0.5, 0.6) is 0 Å². The van der Waals surface area contributed by atoms with Gasteiger partial charge in [-0.05, 0) is 61.2 Å². The van der Waals surface area contributed by atoms with E-state index in [1.54, 1.807) is 0 Å². The molecule has 0 heterocycles. The summed E-state index contributed by atoms with van der Waals surface area (Å²) in [6.45, 7) is 9.91. The summed E-state index contributed by atoms with van der Waals surface area (Å²) in [4.78, 5) is 0. The molecule has 2 rings (SSSR count). The number of hydrogen-bond acceptors (Lipinski definition) is 0. The normalized spacial score (nSPS) is 39.6. The molecule has 2 saturated carbocycles. The Labute approximate surface area is 95.8 Å². The van der Waals surface area contributed by atoms with Crippen LogP contribution < -0.4 is 0 Å². The number of rotatable bonds is 5. The molecule has 0 N–H and O–H groups in total. The molecular formula is C15H28. The van der Waals surface area contributed by atoms with Crippen molar-refractivity contribution in [3.05, 3.63) is 0 Å². The van der Waals surface area contributed by atoms with Crippen LogP contribution in [-0.2, 0) is 0 Å². The van der Waals surface area contributed by atoms with Crippen molar-refractivity contribution < 1.29 is 0 Å². The summed E-state index contributed by atoms with van der Waals surface area (Å²) in [7, 11) is 0. The van der Waals surface area contributed by atoms with Gasteiger partial charge >= 0.3 is 0 Å². The second-order valence-corrected chi connectivity index (χ2v) is 6.39. The summed E-state index contributed by atoms with van der Waals surface area (Å²) in [5, 5.41) is 0. The average molecular weight is 208 g/mol. The molecule has 0 aromatic rings. The molecule has 0 aromatic heterocycles. The Balaban J connectivity index is 2.23. The number of hydrogen-bond donors (Lipinski definition) is 0. The second kappa shape index (κ2) is 3.79. The molecule has 0 heteroatoms. The predicted molar refractivity (Wildman–Crippen MR) is 66.9 cm³/mol. The molecule has 15 heavy (non-hydrogen) atoms. The van der Waals surface area contributed by atoms with Crippen molar-refractivity contribution in [2.24, 2.45) is 22.7 Å². The minimum Gasteiger partial charge on any atom is -0.0654 e. The molecule has 2 aliphatic carbocycles. The maximum atomic E-state index is 2.60. The zero-order chi connectivity index (χ0) is 11.1. The largest absolute Gasteiger partial charge is 0.0654 e. The molecule has 3 atom stereocenters. The van der Waals surface area contributed by atoms with Crippen molar-refractivity contribution in [3.8, 4) is 0 Å². The van der Waals surface area contributed by atoms with Crippen molar-refractivity contribution in [2.45, 2.75) is 72.6 Å². The maximum Gasteiger partial charge on any atom is -0.0215 e. The first-order valence-electron chi connectivity index (χ1n) is 7.10. The molecular weight excluding hydrogens is 180 g/mol. The monoisotopic (exact) mass is 208 g/mol. The van der Waals surface area contributed by atoms with E-state index in [2.05, 4.69) is 27.7 Å². The quantitative estimate of drug-likeness (QED) is 0.594. The topological polar surface area (TPSA) is 0 Å². The Kier molecular flexibility index (Phi) is 2.90. The van der Waals surface area contributed by atoms with E-state index >= 15 is 0 Å². The Morgan fingerprint density at radius 2 is 1.87 bits per heavy atom. The van der Waals surface area contributed by atoms with Crippen LogP contribution in [0.4, 0.5) is 0 Å². The fourth-order valence-electron chi connectivity index (χ4n) is 4.51. The molecule has 2 aliphatic rings. The Hall–Kier alpha value is 0. The van der Waals surface area contributed by atoms with Crippen LogP contribution in [0.25, 0.3) is 0 Å². The minimum atomic E-state index is 0.679. The third kappa shape index (κ3) is 1.47. The van der Waals surface area contributed by atoms with Gasteiger partial charge in [0.05, 0.1) is 0 Å². The molecule has 0 radical (unpaired) electrons. The van der Waals surface area contributed by atoms with Gasteiger partial charge in [-0.1, -0.05) is 34.1 Å². The molecule has 0 bridgehead atoms. The summed E-state index contributed by atoms with van der Waals surface area (Å²) in [6.07, 6.45) is 10.3. The van der Waals surface area contributed by atoms with Crippen molar-refractivity contribution in [3.63, 3.8) is 0 Å². The summed E-state index contributed by atoms with van der Waals surface area (Å²) >= 11 is 0. The van der Waals surface area contributed by atoms with Gasteiger partial charge in [0.2, 0.25) is 0 Å². The SMILES string of the molecule is CCCC(CC)(C1CC1)C1(C)CCC1C. The third-order valence-corrected chi connectivity index (χ3v) is 6.01. The van der Waals surface area contributed by atoms with Crippen LogP contribution in [0.3, 0.4) is 0 Å². The zero-order valence-corrected chi connectivity index (χ0v) is 11.1. The summed E-state index contributed by atoms with van der Waals surface area (Å²) in [5.74, 6) is 2.06. The molecule has 0 aliphatic heterocycles. The second-order valence-electron chi connectivity index (χ2n) is 6.39. The van der Waals surface area contributed by atoms with Gasteiger partial charge in [0, 0.05) is 0 Å². The van der Waals surface area contributed by atoms with E-state index in [-0.39, 0.29) is 0 Å². The Bertz CT molecular complexity index is 228. The third-order valence-electron chi connectivity index (χ3n) is 6.01. The van der Waals surface area contributed by atoms with E-state index in [4.69, 9.17) is 0 Å². The van der Waals surface area contributed by atoms with E-state index in [0.717, 1.165) is 11.8 Å². The molecule has 0 spiro atoms. The fourth-order valence-corrected chi connectivity index (χ4v) is 4.51. The van der Waals surface area contributed by atoms with Crippen LogP contribution in [0.2, 0.25) is 0 Å². The highest BCUT2D eigenvalue weighted by atomic mass is 14.6. The van der Waals surface area contributed by atoms with Crippen molar-refractivity contribution in [1.29, 1.82) is 0 Å². The molecule has 3 unspecified atom stereocenters. The van der Waals surface area contributed by atoms with E-state index in [0.29, 0.717) is 10.8 Å². The van der Waals surface area contributed by atoms with Crippen LogP contribution >= 0.6 is 0 Å². The van der Waals surface area contributed by atoms with Gasteiger partial charge in [0.25, 0.3) is 0 Å². The highest BCUT2D eigenvalue weighted by molar-refractivity contribution is 5.08. The lowest BCUT2D eigenvalue weighted by Crippen LogP contribution is -2.51. The van der Waals surface area contributed by atoms with Gasteiger partial charge in [-0.25, -0.2) is 0 Å². The van der Waals surface area contributed by atoms with E-state index in [1.807, 2.05) is 0 Å². The van der Waals surface area contributed by atoms with Gasteiger partial charge in [-0.3, -0.25) is 0 Å². The van der Waals surface area contributed by atoms with Gasteiger partial charge in [-0.2, -0.15) is 0 Å². The predicted octanol–water partition coefficient (Wildman–Crippen LogP) is 5.03. The van der Waals surface area contributed by atoms with Crippen LogP contribution in [0, 0.1) is 22.7 Å². The molecule has 0 nitrogen and oxygen atoms in total. The first-order valence-corrected chi connectivity index (χ1v) is 7.10. The minimum absolute atomic E-state index is 0.679. The van der Waals surface area contributed by atoms with Gasteiger partial charge in [-0.15, -0.1) is 0 Å². The maximum absolute atomic E-state index is 2.60. The molecule has 0 saturated heterocycles. The first-order chi connectivity index (χ1) is 7.10. The summed E-state index contributed by atoms with van der Waals surface area (Å²) in [6, 6.07) is 0. The average Bonchev–Trinajstić information content (AvgIpc) is 3.06. The highest BCUT2D eigenvalue weighted by Gasteiger charge is 2.59. The fraction of sp³-hybridized carbons (Fsp3) is 1.00. The van der Waals surface area contributed by atoms with E-state index in [9.17, 15) is 0 Å². The Morgan fingerprint density at radius 1 is 1.20 bits per heavy atom. The van der Waals surface area contributed by atoms with E-state index < -0.39 is 0 Å². The lowest BCUT2D eigenvalue weighted by atomic mass is 9.45. The lowest BCUT2D eigenvalue weighted by Gasteiger charge is -2.59. The summed E-state index contributed by atoms with van der Waals surface area (Å²) in [5.41, 5.74) is 1.39. The molecule has 0 amide bonds. The standard InChI is InChI=1S/C15H28/c1-5-10-15(6-2,13-7-8-13)14(4)11-9-12(14)3/h12-13H,5-11H2,1-4H3. The molecule has 88 valence electrons. The van der Waals surface area contributed by atoms with E-state index in [1.165, 1.54) is 44.9 Å². The zero-order valence-electron chi connectivity index (χ0n) is 11.1. The van der Waals surface area contributed by atoms with Crippen LogP contribution in [0.1, 0.15) is 72.6 Å². The van der Waals surface area contributed by atoms with Gasteiger partial charge in [0.15, 0.2) is 0 Å². The summed E-state index contributed by atoms with van der Waals surface area (Å²) < 4.78 is 0. The van der Waals surface area contributed by atoms with Crippen LogP contribution in [-0.4, -0.2) is 0 Å². The smallest absolute Gasteiger partial charge is 0.0215 e.